The Morgan fingerprint density at radius 1 is 1.36 bits per heavy atom. The number of primary amides is 1. The predicted molar refractivity (Wildman–Crippen MR) is 94.2 cm³/mol. The molecule has 0 spiro atoms. The molecule has 2 rings (SSSR count). The van der Waals surface area contributed by atoms with E-state index >= 15 is 0 Å². The summed E-state index contributed by atoms with van der Waals surface area (Å²) in [7, 11) is 0. The fourth-order valence-corrected chi connectivity index (χ4v) is 3.16. The van der Waals surface area contributed by atoms with Gasteiger partial charge < -0.3 is 16.8 Å². The second-order valence-electron chi connectivity index (χ2n) is 6.35. The van der Waals surface area contributed by atoms with Crippen LogP contribution in [-0.4, -0.2) is 41.8 Å². The quantitative estimate of drug-likeness (QED) is 0.652. The van der Waals surface area contributed by atoms with E-state index in [-0.39, 0.29) is 0 Å². The van der Waals surface area contributed by atoms with Gasteiger partial charge in [-0.05, 0) is 31.4 Å². The van der Waals surface area contributed by atoms with Crippen LogP contribution in [0.3, 0.4) is 0 Å². The van der Waals surface area contributed by atoms with Crippen molar-refractivity contribution in [2.24, 2.45) is 11.5 Å². The number of hydrogen-bond acceptors (Lipinski definition) is 5. The summed E-state index contributed by atoms with van der Waals surface area (Å²) in [4.78, 5) is 38.5. The number of imide groups is 1. The van der Waals surface area contributed by atoms with Crippen molar-refractivity contribution in [1.82, 2.24) is 10.2 Å². The summed E-state index contributed by atoms with van der Waals surface area (Å²) in [5.74, 6) is -2.05. The van der Waals surface area contributed by atoms with Gasteiger partial charge in [-0.1, -0.05) is 43.7 Å². The molecule has 2 atom stereocenters. The Morgan fingerprint density at radius 2 is 2.04 bits per heavy atom. The van der Waals surface area contributed by atoms with Crippen LogP contribution in [0.2, 0.25) is 1.41 Å². The monoisotopic (exact) mass is 347 g/mol. The average Bonchev–Trinajstić information content (AvgIpc) is 3.05. The highest BCUT2D eigenvalue weighted by Gasteiger charge is 2.42. The lowest BCUT2D eigenvalue weighted by Gasteiger charge is -2.34. The van der Waals surface area contributed by atoms with Gasteiger partial charge in [0, 0.05) is 0 Å². The zero-order chi connectivity index (χ0) is 19.3. The molecule has 1 saturated heterocycles. The molecule has 1 unspecified atom stereocenters. The van der Waals surface area contributed by atoms with E-state index in [9.17, 15) is 14.4 Å². The Labute approximate surface area is 149 Å². The van der Waals surface area contributed by atoms with Crippen LogP contribution in [-0.2, 0) is 19.9 Å². The van der Waals surface area contributed by atoms with Crippen LogP contribution in [0.15, 0.2) is 30.3 Å². The van der Waals surface area contributed by atoms with Gasteiger partial charge in [0.05, 0.1) is 6.04 Å². The Morgan fingerprint density at radius 3 is 2.56 bits per heavy atom. The Bertz CT molecular complexity index is 670. The van der Waals surface area contributed by atoms with Gasteiger partial charge in [0.1, 0.15) is 13.5 Å². The van der Waals surface area contributed by atoms with Crippen LogP contribution < -0.4 is 16.8 Å². The van der Waals surface area contributed by atoms with E-state index < -0.39 is 35.8 Å². The number of nitrogens with zero attached hydrogens (tertiary/aromatic N) is 1. The number of carbonyl (C=O) groups excluding carboxylic acids is 3. The molecule has 1 aromatic carbocycles. The molecule has 0 radical (unpaired) electrons. The molecule has 136 valence electrons. The Balaban J connectivity index is 2.39. The van der Waals surface area contributed by atoms with Crippen molar-refractivity contribution in [2.45, 2.75) is 44.2 Å². The SMILES string of the molecule is [2H]N1CCC[C@H]1C(=O)N(CC(N)=O)C(=O)C(N)(CCC)c1ccccc1. The van der Waals surface area contributed by atoms with E-state index in [2.05, 4.69) is 0 Å². The van der Waals surface area contributed by atoms with E-state index in [1.54, 1.807) is 24.3 Å². The van der Waals surface area contributed by atoms with Crippen LogP contribution in [0.4, 0.5) is 0 Å². The minimum absolute atomic E-state index is 0.313. The number of hydrogen-bond donors (Lipinski definition) is 3. The van der Waals surface area contributed by atoms with E-state index in [4.69, 9.17) is 12.9 Å². The summed E-state index contributed by atoms with van der Waals surface area (Å²) < 4.78 is 7.86. The third-order valence-corrected chi connectivity index (χ3v) is 4.41. The number of nitrogens with two attached hydrogens (primary N) is 2. The normalized spacial score (nSPS) is 20.6. The lowest BCUT2D eigenvalue weighted by atomic mass is 9.85. The van der Waals surface area contributed by atoms with E-state index in [0.29, 0.717) is 37.8 Å². The molecule has 7 nitrogen and oxygen atoms in total. The van der Waals surface area contributed by atoms with Gasteiger partial charge in [0.25, 0.3) is 5.91 Å². The number of nitrogens with one attached hydrogen (secondary N) is 1. The van der Waals surface area contributed by atoms with Crippen molar-refractivity contribution in [1.29, 1.82) is 0 Å². The van der Waals surface area contributed by atoms with Gasteiger partial charge in [-0.25, -0.2) is 0 Å². The third kappa shape index (κ3) is 4.24. The molecule has 0 saturated carbocycles. The maximum atomic E-state index is 13.3. The Hall–Kier alpha value is -2.25. The third-order valence-electron chi connectivity index (χ3n) is 4.41. The molecule has 25 heavy (non-hydrogen) atoms. The molecule has 1 heterocycles. The maximum absolute atomic E-state index is 13.3. The zero-order valence-corrected chi connectivity index (χ0v) is 14.5. The molecular formula is C18H26N4O3. The Kier molecular flexibility index (Phi) is 5.78. The van der Waals surface area contributed by atoms with E-state index in [0.717, 1.165) is 10.2 Å². The fourth-order valence-electron chi connectivity index (χ4n) is 3.16. The van der Waals surface area contributed by atoms with Crippen molar-refractivity contribution in [3.63, 3.8) is 0 Å². The molecular weight excluding hydrogens is 320 g/mol. The number of amides is 3. The van der Waals surface area contributed by atoms with Crippen molar-refractivity contribution in [2.75, 3.05) is 13.1 Å². The topological polar surface area (TPSA) is 119 Å². The van der Waals surface area contributed by atoms with E-state index in [1.807, 2.05) is 13.0 Å². The first-order valence-electron chi connectivity index (χ1n) is 9.00. The van der Waals surface area contributed by atoms with Crippen LogP contribution in [0.25, 0.3) is 0 Å². The second kappa shape index (κ2) is 8.22. The van der Waals surface area contributed by atoms with Crippen molar-refractivity contribution in [3.05, 3.63) is 35.9 Å². The van der Waals surface area contributed by atoms with Gasteiger partial charge in [0.2, 0.25) is 11.8 Å². The lowest BCUT2D eigenvalue weighted by molar-refractivity contribution is -0.152. The second-order valence-corrected chi connectivity index (χ2v) is 6.35. The van der Waals surface area contributed by atoms with Gasteiger partial charge in [-0.3, -0.25) is 19.3 Å². The van der Waals surface area contributed by atoms with Crippen LogP contribution >= 0.6 is 0 Å². The molecule has 3 amide bonds. The first-order chi connectivity index (χ1) is 12.3. The summed E-state index contributed by atoms with van der Waals surface area (Å²) in [6, 6.07) is 8.04. The van der Waals surface area contributed by atoms with Gasteiger partial charge >= 0.3 is 0 Å². The lowest BCUT2D eigenvalue weighted by Crippen LogP contribution is -2.59. The summed E-state index contributed by atoms with van der Waals surface area (Å²) in [6.45, 7) is 1.79. The van der Waals surface area contributed by atoms with Crippen LogP contribution in [0.5, 0.6) is 0 Å². The van der Waals surface area contributed by atoms with Gasteiger partial charge in [-0.15, -0.1) is 0 Å². The molecule has 1 aromatic rings. The highest BCUT2D eigenvalue weighted by Crippen LogP contribution is 2.27. The highest BCUT2D eigenvalue weighted by atomic mass is 16.2. The number of carbonyl (C=O) groups is 3. The molecule has 0 aromatic heterocycles. The fraction of sp³-hybridized carbons (Fsp3) is 0.500. The smallest absolute Gasteiger partial charge is 0.254 e. The van der Waals surface area contributed by atoms with Crippen molar-refractivity contribution in [3.8, 4) is 0 Å². The minimum atomic E-state index is -1.44. The van der Waals surface area contributed by atoms with Crippen LogP contribution in [0.1, 0.15) is 38.2 Å². The zero-order valence-electron chi connectivity index (χ0n) is 15.5. The molecule has 1 aliphatic rings. The first kappa shape index (κ1) is 17.6. The summed E-state index contributed by atoms with van der Waals surface area (Å²) in [5.41, 5.74) is 10.9. The average molecular weight is 347 g/mol. The molecule has 1 aliphatic heterocycles. The van der Waals surface area contributed by atoms with Crippen molar-refractivity contribution >= 4 is 17.7 Å². The molecule has 7 heteroatoms. The van der Waals surface area contributed by atoms with Crippen molar-refractivity contribution < 1.29 is 15.8 Å². The number of rotatable bonds is 7. The standard InChI is InChI=1S/C18H26N4O3/c1-2-10-18(20,13-7-4-3-5-8-13)17(25)22(12-15(19)23)16(24)14-9-6-11-21-14/h3-5,7-8,14,21H,2,6,9-12,20H2,1H3,(H2,19,23)/t14-,18?/m0/s1/i/hD. The van der Waals surface area contributed by atoms with E-state index in [1.165, 1.54) is 0 Å². The van der Waals surface area contributed by atoms with Gasteiger partial charge in [0.15, 0.2) is 0 Å². The minimum Gasteiger partial charge on any atom is -0.368 e. The molecule has 0 bridgehead atoms. The molecule has 0 aliphatic carbocycles. The predicted octanol–water partition coefficient (Wildman–Crippen LogP) is 0.233. The summed E-state index contributed by atoms with van der Waals surface area (Å²) in [5, 5.41) is 1.14. The molecule has 5 N–H and O–H groups in total. The van der Waals surface area contributed by atoms with Gasteiger partial charge in [-0.2, -0.15) is 0 Å². The van der Waals surface area contributed by atoms with Crippen LogP contribution in [0, 0.1) is 0 Å². The number of benzene rings is 1. The first-order valence-corrected chi connectivity index (χ1v) is 8.55. The summed E-state index contributed by atoms with van der Waals surface area (Å²) >= 11 is 0. The largest absolute Gasteiger partial charge is 0.368 e. The molecule has 1 fully saturated rings. The highest BCUT2D eigenvalue weighted by molar-refractivity contribution is 6.04. The maximum Gasteiger partial charge on any atom is 0.254 e. The summed E-state index contributed by atoms with van der Waals surface area (Å²) in [6.07, 6.45) is 2.07.